The van der Waals surface area contributed by atoms with Gasteiger partial charge in [0.25, 0.3) is 5.91 Å². The highest BCUT2D eigenvalue weighted by Crippen LogP contribution is 2.43. The van der Waals surface area contributed by atoms with E-state index in [1.807, 2.05) is 66.7 Å². The van der Waals surface area contributed by atoms with E-state index in [-0.39, 0.29) is 44.9 Å². The Morgan fingerprint density at radius 2 is 1.35 bits per heavy atom. The Labute approximate surface area is 234 Å². The first-order valence-corrected chi connectivity index (χ1v) is 13.4. The molecule has 8 heteroatoms. The van der Waals surface area contributed by atoms with Gasteiger partial charge in [-0.05, 0) is 23.3 Å². The SMILES string of the molecule is CNC(=O)[C@](Cc1ccccc1)(N1C(=O)CCC1=O)[C@@](C)(CNC(=O)c1ccccc1)COCc1ccccc1. The first-order chi connectivity index (χ1) is 19.3. The molecule has 3 aromatic rings. The highest BCUT2D eigenvalue weighted by Gasteiger charge is 2.61. The smallest absolute Gasteiger partial charge is 0.251 e. The van der Waals surface area contributed by atoms with E-state index in [0.29, 0.717) is 5.56 Å². The van der Waals surface area contributed by atoms with Gasteiger partial charge in [0.1, 0.15) is 5.54 Å². The van der Waals surface area contributed by atoms with Crippen LogP contribution in [0, 0.1) is 5.41 Å². The summed E-state index contributed by atoms with van der Waals surface area (Å²) in [5, 5.41) is 5.69. The number of hydrogen-bond donors (Lipinski definition) is 2. The average Bonchev–Trinajstić information content (AvgIpc) is 3.33. The summed E-state index contributed by atoms with van der Waals surface area (Å²) < 4.78 is 6.21. The Morgan fingerprint density at radius 1 is 0.825 bits per heavy atom. The number of rotatable bonds is 12. The second-order valence-electron chi connectivity index (χ2n) is 10.3. The Balaban J connectivity index is 1.80. The molecule has 2 N–H and O–H groups in total. The molecule has 0 spiro atoms. The monoisotopic (exact) mass is 541 g/mol. The number of likely N-dealkylation sites (tertiary alicyclic amines) is 1. The van der Waals surface area contributed by atoms with E-state index < -0.39 is 28.7 Å². The summed E-state index contributed by atoms with van der Waals surface area (Å²) in [7, 11) is 1.49. The molecular formula is C32H35N3O5. The summed E-state index contributed by atoms with van der Waals surface area (Å²) in [5.74, 6) is -1.68. The van der Waals surface area contributed by atoms with E-state index in [9.17, 15) is 19.2 Å². The van der Waals surface area contributed by atoms with Crippen LogP contribution in [-0.4, -0.2) is 54.3 Å². The molecule has 1 heterocycles. The van der Waals surface area contributed by atoms with Crippen molar-refractivity contribution < 1.29 is 23.9 Å². The molecule has 0 unspecified atom stereocenters. The van der Waals surface area contributed by atoms with Crippen LogP contribution in [0.3, 0.4) is 0 Å². The van der Waals surface area contributed by atoms with Crippen LogP contribution in [0.4, 0.5) is 0 Å². The van der Waals surface area contributed by atoms with Gasteiger partial charge >= 0.3 is 0 Å². The molecule has 2 atom stereocenters. The highest BCUT2D eigenvalue weighted by molar-refractivity contribution is 6.08. The maximum absolute atomic E-state index is 14.1. The van der Waals surface area contributed by atoms with Crippen LogP contribution < -0.4 is 10.6 Å². The fourth-order valence-corrected chi connectivity index (χ4v) is 5.37. The van der Waals surface area contributed by atoms with Crippen LogP contribution >= 0.6 is 0 Å². The zero-order chi connectivity index (χ0) is 28.6. The van der Waals surface area contributed by atoms with Gasteiger partial charge in [-0.15, -0.1) is 0 Å². The van der Waals surface area contributed by atoms with Crippen molar-refractivity contribution >= 4 is 23.6 Å². The molecule has 1 saturated heterocycles. The van der Waals surface area contributed by atoms with Crippen LogP contribution in [0.25, 0.3) is 0 Å². The summed E-state index contributed by atoms with van der Waals surface area (Å²) in [6.07, 6.45) is 0.0881. The Morgan fingerprint density at radius 3 is 1.90 bits per heavy atom. The summed E-state index contributed by atoms with van der Waals surface area (Å²) in [6.45, 7) is 1.99. The van der Waals surface area contributed by atoms with E-state index >= 15 is 0 Å². The van der Waals surface area contributed by atoms with Crippen LogP contribution in [0.5, 0.6) is 0 Å². The first-order valence-electron chi connectivity index (χ1n) is 13.4. The molecule has 0 radical (unpaired) electrons. The third-order valence-electron chi connectivity index (χ3n) is 7.54. The van der Waals surface area contributed by atoms with Gasteiger partial charge in [-0.25, -0.2) is 0 Å². The van der Waals surface area contributed by atoms with Gasteiger partial charge in [0.15, 0.2) is 0 Å². The number of likely N-dealkylation sites (N-methyl/N-ethyl adjacent to an activating group) is 1. The molecule has 0 bridgehead atoms. The highest BCUT2D eigenvalue weighted by atomic mass is 16.5. The summed E-state index contributed by atoms with van der Waals surface area (Å²) >= 11 is 0. The predicted molar refractivity (Wildman–Crippen MR) is 151 cm³/mol. The number of benzene rings is 3. The Hall–Kier alpha value is -4.30. The molecule has 8 nitrogen and oxygen atoms in total. The van der Waals surface area contributed by atoms with E-state index in [0.717, 1.165) is 16.0 Å². The third-order valence-corrected chi connectivity index (χ3v) is 7.54. The molecule has 1 fully saturated rings. The Bertz CT molecular complexity index is 1320. The van der Waals surface area contributed by atoms with Crippen LogP contribution in [0.15, 0.2) is 91.0 Å². The molecule has 40 heavy (non-hydrogen) atoms. The lowest BCUT2D eigenvalue weighted by Gasteiger charge is -2.51. The largest absolute Gasteiger partial charge is 0.376 e. The molecule has 0 aliphatic carbocycles. The van der Waals surface area contributed by atoms with Gasteiger partial charge in [0.2, 0.25) is 17.7 Å². The van der Waals surface area contributed by atoms with Gasteiger partial charge in [-0.1, -0.05) is 85.8 Å². The number of ether oxygens (including phenoxy) is 1. The Kier molecular flexibility index (Phi) is 9.11. The van der Waals surface area contributed by atoms with E-state index in [2.05, 4.69) is 10.6 Å². The lowest BCUT2D eigenvalue weighted by atomic mass is 9.65. The molecule has 1 aliphatic rings. The summed E-state index contributed by atoms with van der Waals surface area (Å²) in [4.78, 5) is 55.1. The van der Waals surface area contributed by atoms with Gasteiger partial charge in [-0.2, -0.15) is 0 Å². The standard InChI is InChI=1S/C32H35N3O5/c1-31(23-40-21-25-14-8-4-9-15-25,22-34-29(38)26-16-10-5-11-17-26)32(30(39)33-2,20-24-12-6-3-7-13-24)35-27(36)18-19-28(35)37/h3-17H,18-23H2,1-2H3,(H,33,39)(H,34,38)/t31-,32-/m0/s1. The van der Waals surface area contributed by atoms with Crippen molar-refractivity contribution in [3.05, 3.63) is 108 Å². The zero-order valence-corrected chi connectivity index (χ0v) is 22.9. The molecule has 3 aromatic carbocycles. The molecule has 4 amide bonds. The molecule has 1 aliphatic heterocycles. The minimum atomic E-state index is -1.69. The number of carbonyl (C=O) groups is 4. The van der Waals surface area contributed by atoms with Gasteiger partial charge < -0.3 is 15.4 Å². The van der Waals surface area contributed by atoms with Crippen molar-refractivity contribution in [1.82, 2.24) is 15.5 Å². The van der Waals surface area contributed by atoms with Crippen LogP contribution in [-0.2, 0) is 32.1 Å². The van der Waals surface area contributed by atoms with E-state index in [1.54, 1.807) is 31.2 Å². The molecule has 0 saturated carbocycles. The molecular weight excluding hydrogens is 506 g/mol. The van der Waals surface area contributed by atoms with Crippen molar-refractivity contribution in [3.63, 3.8) is 0 Å². The van der Waals surface area contributed by atoms with Crippen molar-refractivity contribution in [2.75, 3.05) is 20.2 Å². The van der Waals surface area contributed by atoms with E-state index in [4.69, 9.17) is 4.74 Å². The minimum absolute atomic E-state index is 0.0176. The molecule has 4 rings (SSSR count). The maximum Gasteiger partial charge on any atom is 0.251 e. The maximum atomic E-state index is 14.1. The van der Waals surface area contributed by atoms with Gasteiger partial charge in [-0.3, -0.25) is 24.1 Å². The molecule has 0 aromatic heterocycles. The van der Waals surface area contributed by atoms with Crippen LogP contribution in [0.2, 0.25) is 0 Å². The van der Waals surface area contributed by atoms with Crippen molar-refractivity contribution in [1.29, 1.82) is 0 Å². The van der Waals surface area contributed by atoms with Crippen molar-refractivity contribution in [2.45, 2.75) is 38.3 Å². The zero-order valence-electron chi connectivity index (χ0n) is 22.9. The fraction of sp³-hybridized carbons (Fsp3) is 0.312. The number of nitrogens with zero attached hydrogens (tertiary/aromatic N) is 1. The average molecular weight is 542 g/mol. The van der Waals surface area contributed by atoms with Gasteiger partial charge in [0.05, 0.1) is 13.2 Å². The minimum Gasteiger partial charge on any atom is -0.376 e. The summed E-state index contributed by atoms with van der Waals surface area (Å²) in [5.41, 5.74) is -0.758. The van der Waals surface area contributed by atoms with Crippen LogP contribution in [0.1, 0.15) is 41.3 Å². The van der Waals surface area contributed by atoms with Crippen molar-refractivity contribution in [3.8, 4) is 0 Å². The number of amides is 4. The van der Waals surface area contributed by atoms with E-state index in [1.165, 1.54) is 7.05 Å². The van der Waals surface area contributed by atoms with Gasteiger partial charge in [0, 0.05) is 43.8 Å². The number of carbonyl (C=O) groups excluding carboxylic acids is 4. The quantitative estimate of drug-likeness (QED) is 0.342. The third kappa shape index (κ3) is 5.97. The lowest BCUT2D eigenvalue weighted by Crippen LogP contribution is -2.72. The lowest BCUT2D eigenvalue weighted by molar-refractivity contribution is -0.166. The number of imide groups is 1. The topological polar surface area (TPSA) is 105 Å². The first kappa shape index (κ1) is 28.7. The molecule has 208 valence electrons. The summed E-state index contributed by atoms with van der Waals surface area (Å²) in [6, 6.07) is 27.6. The predicted octanol–water partition coefficient (Wildman–Crippen LogP) is 3.52. The second-order valence-corrected chi connectivity index (χ2v) is 10.3. The normalized spacial score (nSPS) is 16.2. The fourth-order valence-electron chi connectivity index (χ4n) is 5.37. The second kappa shape index (κ2) is 12.7. The number of hydrogen-bond acceptors (Lipinski definition) is 5. The number of nitrogens with one attached hydrogen (secondary N) is 2. The van der Waals surface area contributed by atoms with Crippen molar-refractivity contribution in [2.24, 2.45) is 5.41 Å².